The zero-order valence-electron chi connectivity index (χ0n) is 13.5. The Morgan fingerprint density at radius 3 is 2.43 bits per heavy atom. The third-order valence-electron chi connectivity index (χ3n) is 3.93. The SMILES string of the molecule is CSc1ccc(N2CC(C(=O)NC(C)(C)C(N)=O)CC2=O)cc1. The fourth-order valence-electron chi connectivity index (χ4n) is 2.37. The molecule has 1 aliphatic heterocycles. The molecular formula is C16H21N3O3S. The van der Waals surface area contributed by atoms with Gasteiger partial charge < -0.3 is 16.0 Å². The Kier molecular flexibility index (Phi) is 4.99. The molecule has 0 bridgehead atoms. The van der Waals surface area contributed by atoms with Gasteiger partial charge in [0.1, 0.15) is 5.54 Å². The van der Waals surface area contributed by atoms with Crippen LogP contribution in [0.25, 0.3) is 0 Å². The van der Waals surface area contributed by atoms with Crippen LogP contribution in [0.3, 0.4) is 0 Å². The molecule has 3 N–H and O–H groups in total. The van der Waals surface area contributed by atoms with Crippen molar-refractivity contribution >= 4 is 35.2 Å². The number of hydrogen-bond acceptors (Lipinski definition) is 4. The van der Waals surface area contributed by atoms with Crippen LogP contribution in [-0.4, -0.2) is 36.1 Å². The van der Waals surface area contributed by atoms with Crippen molar-refractivity contribution in [2.75, 3.05) is 17.7 Å². The smallest absolute Gasteiger partial charge is 0.242 e. The molecule has 23 heavy (non-hydrogen) atoms. The zero-order chi connectivity index (χ0) is 17.2. The van der Waals surface area contributed by atoms with Crippen molar-refractivity contribution in [1.29, 1.82) is 0 Å². The van der Waals surface area contributed by atoms with Crippen molar-refractivity contribution < 1.29 is 14.4 Å². The zero-order valence-corrected chi connectivity index (χ0v) is 14.3. The molecule has 0 saturated carbocycles. The molecule has 1 aromatic carbocycles. The molecule has 0 spiro atoms. The number of thioether (sulfide) groups is 1. The largest absolute Gasteiger partial charge is 0.368 e. The van der Waals surface area contributed by atoms with Crippen LogP contribution in [0.15, 0.2) is 29.2 Å². The molecule has 7 heteroatoms. The minimum atomic E-state index is -1.13. The Bertz CT molecular complexity index is 628. The lowest BCUT2D eigenvalue weighted by molar-refractivity contribution is -0.132. The first-order chi connectivity index (χ1) is 10.7. The molecule has 1 aromatic rings. The van der Waals surface area contributed by atoms with Gasteiger partial charge in [0.25, 0.3) is 0 Å². The predicted molar refractivity (Wildman–Crippen MR) is 90.1 cm³/mol. The van der Waals surface area contributed by atoms with Gasteiger partial charge in [-0.3, -0.25) is 14.4 Å². The van der Waals surface area contributed by atoms with Crippen LogP contribution in [0.5, 0.6) is 0 Å². The fourth-order valence-corrected chi connectivity index (χ4v) is 2.77. The van der Waals surface area contributed by atoms with Gasteiger partial charge in [0.15, 0.2) is 0 Å². The highest BCUT2D eigenvalue weighted by Gasteiger charge is 2.38. The van der Waals surface area contributed by atoms with Crippen LogP contribution < -0.4 is 16.0 Å². The average Bonchev–Trinajstić information content (AvgIpc) is 2.89. The summed E-state index contributed by atoms with van der Waals surface area (Å²) in [6.07, 6.45) is 2.11. The Labute approximate surface area is 139 Å². The second kappa shape index (κ2) is 6.62. The second-order valence-corrected chi connectivity index (χ2v) is 6.96. The quantitative estimate of drug-likeness (QED) is 0.789. The summed E-state index contributed by atoms with van der Waals surface area (Å²) in [4.78, 5) is 38.5. The van der Waals surface area contributed by atoms with Gasteiger partial charge in [-0.15, -0.1) is 11.8 Å². The molecule has 0 aliphatic carbocycles. The number of carbonyl (C=O) groups is 3. The fraction of sp³-hybridized carbons (Fsp3) is 0.438. The Morgan fingerprint density at radius 2 is 1.91 bits per heavy atom. The van der Waals surface area contributed by atoms with Crippen LogP contribution in [0, 0.1) is 5.92 Å². The number of nitrogens with two attached hydrogens (primary N) is 1. The van der Waals surface area contributed by atoms with Crippen LogP contribution in [0.1, 0.15) is 20.3 Å². The van der Waals surface area contributed by atoms with Crippen LogP contribution in [-0.2, 0) is 14.4 Å². The van der Waals surface area contributed by atoms with E-state index in [1.807, 2.05) is 30.5 Å². The number of rotatable bonds is 5. The molecule has 0 aromatic heterocycles. The summed E-state index contributed by atoms with van der Waals surface area (Å²) in [5, 5.41) is 2.61. The molecular weight excluding hydrogens is 314 g/mol. The standard InChI is InChI=1S/C16H21N3O3S/c1-16(2,15(17)22)18-14(21)10-8-13(20)19(9-10)11-4-6-12(23-3)7-5-11/h4-7,10H,8-9H2,1-3H3,(H2,17,22)(H,18,21). The Balaban J connectivity index is 2.07. The van der Waals surface area contributed by atoms with Crippen LogP contribution in [0.2, 0.25) is 0 Å². The summed E-state index contributed by atoms with van der Waals surface area (Å²) in [5.74, 6) is -1.52. The number of nitrogens with one attached hydrogen (secondary N) is 1. The van der Waals surface area contributed by atoms with Crippen molar-refractivity contribution in [2.45, 2.75) is 30.7 Å². The van der Waals surface area contributed by atoms with Gasteiger partial charge in [-0.1, -0.05) is 0 Å². The summed E-state index contributed by atoms with van der Waals surface area (Å²) < 4.78 is 0. The van der Waals surface area contributed by atoms with Crippen molar-refractivity contribution in [3.05, 3.63) is 24.3 Å². The summed E-state index contributed by atoms with van der Waals surface area (Å²) in [6.45, 7) is 3.39. The number of amides is 3. The average molecular weight is 335 g/mol. The van der Waals surface area contributed by atoms with Gasteiger partial charge in [0.05, 0.1) is 5.92 Å². The van der Waals surface area contributed by atoms with E-state index in [-0.39, 0.29) is 18.2 Å². The summed E-state index contributed by atoms with van der Waals surface area (Å²) >= 11 is 1.62. The maximum atomic E-state index is 12.3. The van der Waals surface area contributed by atoms with Crippen LogP contribution >= 0.6 is 11.8 Å². The number of carbonyl (C=O) groups excluding carboxylic acids is 3. The van der Waals surface area contributed by atoms with E-state index in [0.29, 0.717) is 6.54 Å². The molecule has 124 valence electrons. The molecule has 3 amide bonds. The van der Waals surface area contributed by atoms with Crippen molar-refractivity contribution in [2.24, 2.45) is 11.7 Å². The first-order valence-corrected chi connectivity index (χ1v) is 8.53. The maximum absolute atomic E-state index is 12.3. The maximum Gasteiger partial charge on any atom is 0.242 e. The highest BCUT2D eigenvalue weighted by molar-refractivity contribution is 7.98. The van der Waals surface area contributed by atoms with Gasteiger partial charge in [-0.05, 0) is 44.4 Å². The second-order valence-electron chi connectivity index (χ2n) is 6.08. The van der Waals surface area contributed by atoms with E-state index in [9.17, 15) is 14.4 Å². The minimum absolute atomic E-state index is 0.0982. The first kappa shape index (κ1) is 17.3. The van der Waals surface area contributed by atoms with Gasteiger partial charge in [0, 0.05) is 23.5 Å². The van der Waals surface area contributed by atoms with E-state index >= 15 is 0 Å². The Morgan fingerprint density at radius 1 is 1.30 bits per heavy atom. The lowest BCUT2D eigenvalue weighted by atomic mass is 10.0. The number of anilines is 1. The summed E-state index contributed by atoms with van der Waals surface area (Å²) in [5.41, 5.74) is 4.90. The summed E-state index contributed by atoms with van der Waals surface area (Å²) in [6, 6.07) is 7.63. The van der Waals surface area contributed by atoms with E-state index < -0.39 is 17.4 Å². The normalized spacial score (nSPS) is 18.1. The predicted octanol–water partition coefficient (Wildman–Crippen LogP) is 1.14. The van der Waals surface area contributed by atoms with Crippen molar-refractivity contribution in [1.82, 2.24) is 5.32 Å². The van der Waals surface area contributed by atoms with Gasteiger partial charge in [0.2, 0.25) is 17.7 Å². The van der Waals surface area contributed by atoms with Crippen LogP contribution in [0.4, 0.5) is 5.69 Å². The number of primary amides is 1. The lowest BCUT2D eigenvalue weighted by Gasteiger charge is -2.24. The Hall–Kier alpha value is -2.02. The van der Waals surface area contributed by atoms with E-state index in [4.69, 9.17) is 5.73 Å². The number of nitrogens with zero attached hydrogens (tertiary/aromatic N) is 1. The van der Waals surface area contributed by atoms with Crippen molar-refractivity contribution in [3.63, 3.8) is 0 Å². The first-order valence-electron chi connectivity index (χ1n) is 7.31. The summed E-state index contributed by atoms with van der Waals surface area (Å²) in [7, 11) is 0. The van der Waals surface area contributed by atoms with Crippen molar-refractivity contribution in [3.8, 4) is 0 Å². The van der Waals surface area contributed by atoms with Gasteiger partial charge in [-0.25, -0.2) is 0 Å². The molecule has 1 aliphatic rings. The minimum Gasteiger partial charge on any atom is -0.368 e. The van der Waals surface area contributed by atoms with E-state index in [0.717, 1.165) is 10.6 Å². The molecule has 1 heterocycles. The highest BCUT2D eigenvalue weighted by atomic mass is 32.2. The lowest BCUT2D eigenvalue weighted by Crippen LogP contribution is -2.54. The van der Waals surface area contributed by atoms with E-state index in [2.05, 4.69) is 5.32 Å². The van der Waals surface area contributed by atoms with Gasteiger partial charge in [-0.2, -0.15) is 0 Å². The topological polar surface area (TPSA) is 92.5 Å². The molecule has 6 nitrogen and oxygen atoms in total. The molecule has 1 unspecified atom stereocenters. The van der Waals surface area contributed by atoms with Gasteiger partial charge >= 0.3 is 0 Å². The third kappa shape index (κ3) is 3.85. The monoisotopic (exact) mass is 335 g/mol. The molecule has 1 fully saturated rings. The molecule has 2 rings (SSSR count). The molecule has 1 atom stereocenters. The van der Waals surface area contributed by atoms with E-state index in [1.165, 1.54) is 0 Å². The highest BCUT2D eigenvalue weighted by Crippen LogP contribution is 2.27. The third-order valence-corrected chi connectivity index (χ3v) is 4.68. The molecule has 1 saturated heterocycles. The number of benzene rings is 1. The molecule has 0 radical (unpaired) electrons. The van der Waals surface area contributed by atoms with E-state index in [1.54, 1.807) is 30.5 Å². The number of hydrogen-bond donors (Lipinski definition) is 2.